The molecule has 2 unspecified atom stereocenters. The third-order valence-corrected chi connectivity index (χ3v) is 6.02. The lowest BCUT2D eigenvalue weighted by molar-refractivity contribution is 0.138. The molecule has 1 N–H and O–H groups in total. The standard InChI is InChI=1S/C13H26N2O2S/c1-2-13-5-3-4-8-15(13)9-6-12-11-18(16,17)10-7-14-12/h12-14H,2-11H2,1H3. The molecule has 2 fully saturated rings. The van der Waals surface area contributed by atoms with Gasteiger partial charge in [0.05, 0.1) is 11.5 Å². The number of nitrogens with zero attached hydrogens (tertiary/aromatic N) is 1. The molecule has 0 saturated carbocycles. The first-order valence-corrected chi connectivity index (χ1v) is 9.11. The van der Waals surface area contributed by atoms with Crippen LogP contribution in [0.4, 0.5) is 0 Å². The Morgan fingerprint density at radius 1 is 1.33 bits per heavy atom. The highest BCUT2D eigenvalue weighted by Gasteiger charge is 2.26. The molecule has 0 bridgehead atoms. The average Bonchev–Trinajstić information content (AvgIpc) is 2.35. The second-order valence-electron chi connectivity index (χ2n) is 5.65. The van der Waals surface area contributed by atoms with Gasteiger partial charge in [-0.05, 0) is 38.8 Å². The maximum atomic E-state index is 11.6. The molecule has 0 aromatic heterocycles. The van der Waals surface area contributed by atoms with E-state index in [1.807, 2.05) is 0 Å². The highest BCUT2D eigenvalue weighted by molar-refractivity contribution is 7.91. The van der Waals surface area contributed by atoms with Crippen molar-refractivity contribution < 1.29 is 8.42 Å². The van der Waals surface area contributed by atoms with Crippen molar-refractivity contribution in [3.63, 3.8) is 0 Å². The van der Waals surface area contributed by atoms with Crippen LogP contribution in [-0.4, -0.2) is 56.5 Å². The molecule has 0 aromatic carbocycles. The molecule has 0 amide bonds. The van der Waals surface area contributed by atoms with E-state index in [2.05, 4.69) is 17.1 Å². The van der Waals surface area contributed by atoms with Crippen LogP contribution in [0.3, 0.4) is 0 Å². The van der Waals surface area contributed by atoms with Crippen molar-refractivity contribution in [1.29, 1.82) is 0 Å². The Morgan fingerprint density at radius 2 is 2.17 bits per heavy atom. The summed E-state index contributed by atoms with van der Waals surface area (Å²) in [7, 11) is -2.78. The Bertz CT molecular complexity index is 356. The minimum Gasteiger partial charge on any atom is -0.312 e. The maximum absolute atomic E-state index is 11.6. The fraction of sp³-hybridized carbons (Fsp3) is 1.00. The molecule has 0 aliphatic carbocycles. The number of likely N-dealkylation sites (tertiary alicyclic amines) is 1. The zero-order valence-electron chi connectivity index (χ0n) is 11.4. The number of hydrogen-bond acceptors (Lipinski definition) is 4. The van der Waals surface area contributed by atoms with Crippen LogP contribution >= 0.6 is 0 Å². The van der Waals surface area contributed by atoms with Gasteiger partial charge in [0.25, 0.3) is 0 Å². The average molecular weight is 274 g/mol. The lowest BCUT2D eigenvalue weighted by Crippen LogP contribution is -2.48. The van der Waals surface area contributed by atoms with Crippen LogP contribution in [0, 0.1) is 0 Å². The molecule has 18 heavy (non-hydrogen) atoms. The lowest BCUT2D eigenvalue weighted by atomic mass is 9.99. The molecule has 0 radical (unpaired) electrons. The summed E-state index contributed by atoms with van der Waals surface area (Å²) in [5.41, 5.74) is 0. The predicted octanol–water partition coefficient (Wildman–Crippen LogP) is 1.03. The number of sulfone groups is 1. The van der Waals surface area contributed by atoms with Gasteiger partial charge in [-0.2, -0.15) is 0 Å². The van der Waals surface area contributed by atoms with Crippen molar-refractivity contribution in [2.24, 2.45) is 0 Å². The van der Waals surface area contributed by atoms with Crippen molar-refractivity contribution in [2.75, 3.05) is 31.1 Å². The van der Waals surface area contributed by atoms with Crippen molar-refractivity contribution >= 4 is 9.84 Å². The summed E-state index contributed by atoms with van der Waals surface area (Å²) in [6.07, 6.45) is 6.15. The van der Waals surface area contributed by atoms with Crippen LogP contribution in [0.2, 0.25) is 0 Å². The quantitative estimate of drug-likeness (QED) is 0.832. The summed E-state index contributed by atoms with van der Waals surface area (Å²) in [5.74, 6) is 0.641. The molecule has 0 aromatic rings. The number of hydrogen-bond donors (Lipinski definition) is 1. The van der Waals surface area contributed by atoms with Gasteiger partial charge in [0, 0.05) is 18.6 Å². The fourth-order valence-electron chi connectivity index (χ4n) is 3.19. The van der Waals surface area contributed by atoms with E-state index in [1.54, 1.807) is 0 Å². The van der Waals surface area contributed by atoms with E-state index in [9.17, 15) is 8.42 Å². The van der Waals surface area contributed by atoms with Crippen molar-refractivity contribution in [1.82, 2.24) is 10.2 Å². The van der Waals surface area contributed by atoms with Crippen molar-refractivity contribution in [2.45, 2.75) is 51.1 Å². The molecule has 0 spiro atoms. The number of piperidine rings is 1. The van der Waals surface area contributed by atoms with Gasteiger partial charge >= 0.3 is 0 Å². The molecule has 106 valence electrons. The molecule has 2 aliphatic heterocycles. The second kappa shape index (κ2) is 6.35. The van der Waals surface area contributed by atoms with Gasteiger partial charge in [0.15, 0.2) is 9.84 Å². The summed E-state index contributed by atoms with van der Waals surface area (Å²) in [5, 5.41) is 3.34. The number of nitrogens with one attached hydrogen (secondary N) is 1. The molecular weight excluding hydrogens is 248 g/mol. The van der Waals surface area contributed by atoms with Gasteiger partial charge in [0.2, 0.25) is 0 Å². The first-order chi connectivity index (χ1) is 8.61. The van der Waals surface area contributed by atoms with Crippen molar-refractivity contribution in [3.8, 4) is 0 Å². The van der Waals surface area contributed by atoms with E-state index in [-0.39, 0.29) is 6.04 Å². The summed E-state index contributed by atoms with van der Waals surface area (Å²) in [4.78, 5) is 2.56. The fourth-order valence-corrected chi connectivity index (χ4v) is 4.68. The van der Waals surface area contributed by atoms with Gasteiger partial charge in [-0.1, -0.05) is 13.3 Å². The van der Waals surface area contributed by atoms with E-state index >= 15 is 0 Å². The maximum Gasteiger partial charge on any atom is 0.153 e. The molecule has 2 saturated heterocycles. The van der Waals surface area contributed by atoms with Gasteiger partial charge < -0.3 is 10.2 Å². The van der Waals surface area contributed by atoms with E-state index in [1.165, 1.54) is 32.2 Å². The third kappa shape index (κ3) is 3.93. The molecule has 2 aliphatic rings. The van der Waals surface area contributed by atoms with Gasteiger partial charge in [-0.25, -0.2) is 8.42 Å². The first kappa shape index (κ1) is 14.3. The highest BCUT2D eigenvalue weighted by Crippen LogP contribution is 2.20. The van der Waals surface area contributed by atoms with Gasteiger partial charge in [0.1, 0.15) is 0 Å². The largest absolute Gasteiger partial charge is 0.312 e. The molecule has 4 nitrogen and oxygen atoms in total. The lowest BCUT2D eigenvalue weighted by Gasteiger charge is -2.36. The Balaban J connectivity index is 1.79. The Morgan fingerprint density at radius 3 is 2.89 bits per heavy atom. The SMILES string of the molecule is CCC1CCCCN1CCC1CS(=O)(=O)CCN1. The minimum atomic E-state index is -2.78. The second-order valence-corrected chi connectivity index (χ2v) is 7.88. The van der Waals surface area contributed by atoms with Crippen LogP contribution in [0.25, 0.3) is 0 Å². The highest BCUT2D eigenvalue weighted by atomic mass is 32.2. The first-order valence-electron chi connectivity index (χ1n) is 7.28. The Labute approximate surface area is 111 Å². The molecule has 2 rings (SSSR count). The van der Waals surface area contributed by atoms with Crippen molar-refractivity contribution in [3.05, 3.63) is 0 Å². The normalized spacial score (nSPS) is 33.4. The van der Waals surface area contributed by atoms with Crippen LogP contribution in [0.5, 0.6) is 0 Å². The van der Waals surface area contributed by atoms with Gasteiger partial charge in [-0.3, -0.25) is 0 Å². The van der Waals surface area contributed by atoms with E-state index in [4.69, 9.17) is 0 Å². The smallest absolute Gasteiger partial charge is 0.153 e. The predicted molar refractivity (Wildman–Crippen MR) is 74.6 cm³/mol. The van der Waals surface area contributed by atoms with Crippen LogP contribution in [0.1, 0.15) is 39.0 Å². The van der Waals surface area contributed by atoms with Crippen LogP contribution in [-0.2, 0) is 9.84 Å². The van der Waals surface area contributed by atoms with Gasteiger partial charge in [-0.15, -0.1) is 0 Å². The van der Waals surface area contributed by atoms with Crippen LogP contribution < -0.4 is 5.32 Å². The third-order valence-electron chi connectivity index (χ3n) is 4.29. The molecule has 2 heterocycles. The summed E-state index contributed by atoms with van der Waals surface area (Å²) < 4.78 is 23.2. The minimum absolute atomic E-state index is 0.170. The van der Waals surface area contributed by atoms with E-state index in [0.29, 0.717) is 18.1 Å². The summed E-state index contributed by atoms with van der Waals surface area (Å²) in [6.45, 7) is 5.13. The zero-order valence-corrected chi connectivity index (χ0v) is 12.2. The van der Waals surface area contributed by atoms with Crippen LogP contribution in [0.15, 0.2) is 0 Å². The summed E-state index contributed by atoms with van der Waals surface area (Å²) >= 11 is 0. The summed E-state index contributed by atoms with van der Waals surface area (Å²) in [6, 6.07) is 0.891. The Kier molecular flexibility index (Phi) is 5.04. The van der Waals surface area contributed by atoms with E-state index < -0.39 is 9.84 Å². The zero-order chi connectivity index (χ0) is 13.0. The monoisotopic (exact) mass is 274 g/mol. The van der Waals surface area contributed by atoms with E-state index in [0.717, 1.165) is 19.0 Å². The molecule has 5 heteroatoms. The Hall–Kier alpha value is -0.130. The topological polar surface area (TPSA) is 49.4 Å². The molecule has 2 atom stereocenters. The molecular formula is C13H26N2O2S. The number of rotatable bonds is 4.